The van der Waals surface area contributed by atoms with Crippen LogP contribution in [-0.4, -0.2) is 49.2 Å². The SMILES string of the molecule is COc1ccnc(C(=O)N2CCC[C@@]3(CCC[C@H]3OC)C2)c1. The lowest BCUT2D eigenvalue weighted by Gasteiger charge is -2.43. The maximum Gasteiger partial charge on any atom is 0.272 e. The lowest BCUT2D eigenvalue weighted by Crippen LogP contribution is -2.50. The lowest BCUT2D eigenvalue weighted by atomic mass is 9.76. The van der Waals surface area contributed by atoms with E-state index in [0.717, 1.165) is 38.8 Å². The molecule has 2 heterocycles. The summed E-state index contributed by atoms with van der Waals surface area (Å²) in [6.45, 7) is 1.58. The molecule has 120 valence electrons. The molecule has 0 radical (unpaired) electrons. The monoisotopic (exact) mass is 304 g/mol. The minimum Gasteiger partial charge on any atom is -0.497 e. The maximum absolute atomic E-state index is 12.8. The van der Waals surface area contributed by atoms with Crippen molar-refractivity contribution in [3.8, 4) is 5.75 Å². The summed E-state index contributed by atoms with van der Waals surface area (Å²) in [5.41, 5.74) is 0.602. The Balaban J connectivity index is 1.78. The number of pyridine rings is 1. The Bertz CT molecular complexity index is 548. The van der Waals surface area contributed by atoms with E-state index in [4.69, 9.17) is 9.47 Å². The molecule has 5 nitrogen and oxygen atoms in total. The van der Waals surface area contributed by atoms with Crippen LogP contribution in [0.5, 0.6) is 5.75 Å². The quantitative estimate of drug-likeness (QED) is 0.861. The molecule has 1 spiro atoms. The Morgan fingerprint density at radius 2 is 2.18 bits per heavy atom. The normalized spacial score (nSPS) is 28.1. The van der Waals surface area contributed by atoms with Crippen molar-refractivity contribution >= 4 is 5.91 Å². The first-order valence-corrected chi connectivity index (χ1v) is 8.01. The number of piperidine rings is 1. The van der Waals surface area contributed by atoms with Crippen LogP contribution in [0.4, 0.5) is 0 Å². The Morgan fingerprint density at radius 3 is 2.95 bits per heavy atom. The van der Waals surface area contributed by atoms with Gasteiger partial charge in [0.05, 0.1) is 13.2 Å². The summed E-state index contributed by atoms with van der Waals surface area (Å²) in [6, 6.07) is 3.47. The number of carbonyl (C=O) groups excluding carboxylic acids is 1. The Labute approximate surface area is 131 Å². The summed E-state index contributed by atoms with van der Waals surface area (Å²) >= 11 is 0. The lowest BCUT2D eigenvalue weighted by molar-refractivity contribution is -0.0296. The molecule has 2 aliphatic rings. The van der Waals surface area contributed by atoms with E-state index in [1.54, 1.807) is 32.5 Å². The molecule has 0 unspecified atom stereocenters. The van der Waals surface area contributed by atoms with Gasteiger partial charge >= 0.3 is 0 Å². The summed E-state index contributed by atoms with van der Waals surface area (Å²) in [7, 11) is 3.39. The number of hydrogen-bond donors (Lipinski definition) is 0. The molecular weight excluding hydrogens is 280 g/mol. The molecule has 1 aliphatic heterocycles. The zero-order valence-electron chi connectivity index (χ0n) is 13.4. The second kappa shape index (κ2) is 6.24. The van der Waals surface area contributed by atoms with Crippen molar-refractivity contribution in [2.75, 3.05) is 27.3 Å². The molecule has 0 bridgehead atoms. The van der Waals surface area contributed by atoms with E-state index in [2.05, 4.69) is 4.98 Å². The third-order valence-electron chi connectivity index (χ3n) is 5.19. The van der Waals surface area contributed by atoms with Gasteiger partial charge in [-0.05, 0) is 31.7 Å². The van der Waals surface area contributed by atoms with Crippen LogP contribution in [0.2, 0.25) is 0 Å². The Kier molecular flexibility index (Phi) is 4.34. The van der Waals surface area contributed by atoms with Crippen LogP contribution < -0.4 is 4.74 Å². The molecule has 22 heavy (non-hydrogen) atoms. The summed E-state index contributed by atoms with van der Waals surface area (Å²) in [5, 5.41) is 0. The number of methoxy groups -OCH3 is 2. The highest BCUT2D eigenvalue weighted by molar-refractivity contribution is 5.92. The van der Waals surface area contributed by atoms with Gasteiger partial charge in [-0.1, -0.05) is 6.42 Å². The van der Waals surface area contributed by atoms with Gasteiger partial charge in [0.2, 0.25) is 0 Å². The largest absolute Gasteiger partial charge is 0.497 e. The third-order valence-corrected chi connectivity index (χ3v) is 5.19. The highest BCUT2D eigenvalue weighted by Gasteiger charge is 2.46. The van der Waals surface area contributed by atoms with E-state index in [-0.39, 0.29) is 17.4 Å². The molecule has 5 heteroatoms. The molecule has 3 rings (SSSR count). The first-order chi connectivity index (χ1) is 10.7. The molecule has 2 atom stereocenters. The molecule has 1 aliphatic carbocycles. The average Bonchev–Trinajstić information content (AvgIpc) is 2.96. The van der Waals surface area contributed by atoms with E-state index < -0.39 is 0 Å². The van der Waals surface area contributed by atoms with Gasteiger partial charge in [-0.15, -0.1) is 0 Å². The van der Waals surface area contributed by atoms with Crippen LogP contribution in [0, 0.1) is 5.41 Å². The van der Waals surface area contributed by atoms with Crippen molar-refractivity contribution in [2.24, 2.45) is 5.41 Å². The smallest absolute Gasteiger partial charge is 0.272 e. The second-order valence-corrected chi connectivity index (χ2v) is 6.39. The predicted molar refractivity (Wildman–Crippen MR) is 83.0 cm³/mol. The van der Waals surface area contributed by atoms with Gasteiger partial charge in [0.15, 0.2) is 0 Å². The number of likely N-dealkylation sites (tertiary alicyclic amines) is 1. The molecule has 1 aromatic heterocycles. The van der Waals surface area contributed by atoms with Gasteiger partial charge in [0.25, 0.3) is 5.91 Å². The number of aromatic nitrogens is 1. The van der Waals surface area contributed by atoms with Crippen LogP contribution in [0.1, 0.15) is 42.6 Å². The zero-order chi connectivity index (χ0) is 15.6. The van der Waals surface area contributed by atoms with Crippen molar-refractivity contribution in [1.82, 2.24) is 9.88 Å². The van der Waals surface area contributed by atoms with Gasteiger partial charge in [0.1, 0.15) is 11.4 Å². The molecule has 2 fully saturated rings. The highest BCUT2D eigenvalue weighted by atomic mass is 16.5. The van der Waals surface area contributed by atoms with Gasteiger partial charge in [-0.2, -0.15) is 0 Å². The van der Waals surface area contributed by atoms with E-state index in [9.17, 15) is 4.79 Å². The van der Waals surface area contributed by atoms with Gasteiger partial charge in [-0.25, -0.2) is 0 Å². The topological polar surface area (TPSA) is 51.7 Å². The minimum atomic E-state index is -0.000252. The fourth-order valence-electron chi connectivity index (χ4n) is 4.09. The number of rotatable bonds is 3. The molecular formula is C17H24N2O3. The Hall–Kier alpha value is -1.62. The van der Waals surface area contributed by atoms with Crippen LogP contribution in [0.3, 0.4) is 0 Å². The van der Waals surface area contributed by atoms with E-state index in [1.165, 1.54) is 6.42 Å². The summed E-state index contributed by atoms with van der Waals surface area (Å²) in [6.07, 6.45) is 7.55. The van der Waals surface area contributed by atoms with E-state index in [0.29, 0.717) is 11.4 Å². The van der Waals surface area contributed by atoms with Crippen molar-refractivity contribution < 1.29 is 14.3 Å². The summed E-state index contributed by atoms with van der Waals surface area (Å²) in [5.74, 6) is 0.667. The molecule has 1 amide bonds. The maximum atomic E-state index is 12.8. The van der Waals surface area contributed by atoms with Crippen molar-refractivity contribution in [2.45, 2.75) is 38.2 Å². The second-order valence-electron chi connectivity index (χ2n) is 6.39. The van der Waals surface area contributed by atoms with E-state index >= 15 is 0 Å². The van der Waals surface area contributed by atoms with Gasteiger partial charge < -0.3 is 14.4 Å². The van der Waals surface area contributed by atoms with Crippen LogP contribution in [0.25, 0.3) is 0 Å². The van der Waals surface area contributed by atoms with Crippen LogP contribution >= 0.6 is 0 Å². The van der Waals surface area contributed by atoms with E-state index in [1.807, 2.05) is 4.90 Å². The molecule has 1 saturated heterocycles. The Morgan fingerprint density at radius 1 is 1.36 bits per heavy atom. The molecule has 1 aromatic rings. The average molecular weight is 304 g/mol. The van der Waals surface area contributed by atoms with Gasteiger partial charge in [0, 0.05) is 37.9 Å². The molecule has 1 saturated carbocycles. The first kappa shape index (κ1) is 15.3. The number of amides is 1. The number of carbonyl (C=O) groups is 1. The van der Waals surface area contributed by atoms with Crippen LogP contribution in [0.15, 0.2) is 18.3 Å². The predicted octanol–water partition coefficient (Wildman–Crippen LogP) is 2.51. The first-order valence-electron chi connectivity index (χ1n) is 8.01. The van der Waals surface area contributed by atoms with Crippen molar-refractivity contribution in [1.29, 1.82) is 0 Å². The zero-order valence-corrected chi connectivity index (χ0v) is 13.4. The fourth-order valence-corrected chi connectivity index (χ4v) is 4.09. The standard InChI is InChI=1S/C17H24N2O3/c1-21-13-6-9-18-14(11-13)16(20)19-10-4-8-17(12-19)7-3-5-15(17)22-2/h6,9,11,15H,3-5,7-8,10,12H2,1-2H3/t15-,17+/m1/s1. The third kappa shape index (κ3) is 2.70. The molecule has 0 aromatic carbocycles. The van der Waals surface area contributed by atoms with Crippen LogP contribution in [-0.2, 0) is 4.74 Å². The van der Waals surface area contributed by atoms with Gasteiger partial charge in [-0.3, -0.25) is 9.78 Å². The summed E-state index contributed by atoms with van der Waals surface area (Å²) in [4.78, 5) is 18.9. The summed E-state index contributed by atoms with van der Waals surface area (Å²) < 4.78 is 10.9. The number of nitrogens with zero attached hydrogens (tertiary/aromatic N) is 2. The van der Waals surface area contributed by atoms with Crippen molar-refractivity contribution in [3.63, 3.8) is 0 Å². The molecule has 0 N–H and O–H groups in total. The minimum absolute atomic E-state index is 0.000252. The number of hydrogen-bond acceptors (Lipinski definition) is 4. The fraction of sp³-hybridized carbons (Fsp3) is 0.647. The highest BCUT2D eigenvalue weighted by Crippen LogP contribution is 2.46. The van der Waals surface area contributed by atoms with Crippen molar-refractivity contribution in [3.05, 3.63) is 24.0 Å². The number of ether oxygens (including phenoxy) is 2.